The Bertz CT molecular complexity index is 284. The number of rotatable bonds is 2. The predicted molar refractivity (Wildman–Crippen MR) is 60.8 cm³/mol. The van der Waals surface area contributed by atoms with Crippen molar-refractivity contribution in [3.63, 3.8) is 0 Å². The third-order valence-electron chi connectivity index (χ3n) is 2.33. The van der Waals surface area contributed by atoms with Crippen LogP contribution < -0.4 is 5.73 Å². The molecular formula is C11H16BrN. The molecule has 0 spiro atoms. The summed E-state index contributed by atoms with van der Waals surface area (Å²) in [5.74, 6) is 0. The number of hydrogen-bond acceptors (Lipinski definition) is 1. The molecule has 2 heteroatoms. The van der Waals surface area contributed by atoms with E-state index < -0.39 is 0 Å². The Morgan fingerprint density at radius 1 is 1.31 bits per heavy atom. The Morgan fingerprint density at radius 2 is 1.77 bits per heavy atom. The van der Waals surface area contributed by atoms with Gasteiger partial charge in [0, 0.05) is 10.5 Å². The van der Waals surface area contributed by atoms with Crippen LogP contribution in [0.5, 0.6) is 0 Å². The van der Waals surface area contributed by atoms with Crippen LogP contribution in [0.4, 0.5) is 0 Å². The van der Waals surface area contributed by atoms with Crippen LogP contribution in [0.3, 0.4) is 0 Å². The van der Waals surface area contributed by atoms with Crippen LogP contribution in [0.15, 0.2) is 16.6 Å². The van der Waals surface area contributed by atoms with Crippen molar-refractivity contribution in [1.29, 1.82) is 0 Å². The molecule has 1 rings (SSSR count). The van der Waals surface area contributed by atoms with Gasteiger partial charge in [-0.1, -0.05) is 35.0 Å². The van der Waals surface area contributed by atoms with Gasteiger partial charge in [0.05, 0.1) is 0 Å². The van der Waals surface area contributed by atoms with Crippen LogP contribution in [0.1, 0.15) is 36.1 Å². The second-order valence-electron chi connectivity index (χ2n) is 3.48. The summed E-state index contributed by atoms with van der Waals surface area (Å²) < 4.78 is 1.19. The first-order valence-electron chi connectivity index (χ1n) is 4.58. The highest BCUT2D eigenvalue weighted by Gasteiger charge is 2.07. The van der Waals surface area contributed by atoms with E-state index in [9.17, 15) is 0 Å². The van der Waals surface area contributed by atoms with Gasteiger partial charge in [-0.15, -0.1) is 0 Å². The van der Waals surface area contributed by atoms with Gasteiger partial charge in [-0.25, -0.2) is 0 Å². The molecule has 0 amide bonds. The minimum atomic E-state index is 0.172. The topological polar surface area (TPSA) is 26.0 Å². The van der Waals surface area contributed by atoms with E-state index in [1.54, 1.807) is 0 Å². The molecule has 1 aromatic rings. The van der Waals surface area contributed by atoms with Crippen molar-refractivity contribution >= 4 is 15.9 Å². The van der Waals surface area contributed by atoms with E-state index in [2.05, 4.69) is 48.8 Å². The summed E-state index contributed by atoms with van der Waals surface area (Å²) in [6, 6.07) is 4.49. The Morgan fingerprint density at radius 3 is 2.15 bits per heavy atom. The van der Waals surface area contributed by atoms with E-state index in [1.807, 2.05) is 0 Å². The van der Waals surface area contributed by atoms with Crippen molar-refractivity contribution in [2.45, 2.75) is 33.2 Å². The van der Waals surface area contributed by atoms with Crippen LogP contribution in [0.25, 0.3) is 0 Å². The number of halogens is 1. The lowest BCUT2D eigenvalue weighted by Crippen LogP contribution is -2.09. The molecule has 0 radical (unpaired) electrons. The SMILES string of the molecule is CC[C@@H](N)c1cc(C)c(Br)c(C)c1. The first-order chi connectivity index (χ1) is 6.06. The molecule has 13 heavy (non-hydrogen) atoms. The molecular weight excluding hydrogens is 226 g/mol. The molecule has 1 atom stereocenters. The summed E-state index contributed by atoms with van der Waals surface area (Å²) in [6.45, 7) is 6.31. The third kappa shape index (κ3) is 2.32. The molecule has 0 saturated carbocycles. The number of benzene rings is 1. The van der Waals surface area contributed by atoms with Crippen LogP contribution in [-0.2, 0) is 0 Å². The number of nitrogens with two attached hydrogens (primary N) is 1. The van der Waals surface area contributed by atoms with Crippen molar-refractivity contribution in [2.24, 2.45) is 5.73 Å². The lowest BCUT2D eigenvalue weighted by Gasteiger charge is -2.12. The average Bonchev–Trinajstić information content (AvgIpc) is 2.12. The fraction of sp³-hybridized carbons (Fsp3) is 0.455. The standard InChI is InChI=1S/C11H16BrN/c1-4-10(13)9-5-7(2)11(12)8(3)6-9/h5-6,10H,4,13H2,1-3H3/t10-/m1/s1. The van der Waals surface area contributed by atoms with Crippen molar-refractivity contribution in [3.8, 4) is 0 Å². The molecule has 72 valence electrons. The zero-order valence-electron chi connectivity index (χ0n) is 8.39. The summed E-state index contributed by atoms with van der Waals surface area (Å²) in [4.78, 5) is 0. The van der Waals surface area contributed by atoms with E-state index in [0.29, 0.717) is 0 Å². The second-order valence-corrected chi connectivity index (χ2v) is 4.28. The van der Waals surface area contributed by atoms with Crippen molar-refractivity contribution in [3.05, 3.63) is 33.3 Å². The van der Waals surface area contributed by atoms with E-state index in [4.69, 9.17) is 5.73 Å². The minimum Gasteiger partial charge on any atom is -0.324 e. The van der Waals surface area contributed by atoms with Crippen LogP contribution >= 0.6 is 15.9 Å². The lowest BCUT2D eigenvalue weighted by molar-refractivity contribution is 0.697. The summed E-state index contributed by atoms with van der Waals surface area (Å²) in [5.41, 5.74) is 9.73. The van der Waals surface area contributed by atoms with Gasteiger partial charge in [-0.05, 0) is 37.0 Å². The summed E-state index contributed by atoms with van der Waals surface area (Å²) in [5, 5.41) is 0. The molecule has 1 aromatic carbocycles. The van der Waals surface area contributed by atoms with Gasteiger partial charge in [0.2, 0.25) is 0 Å². The third-order valence-corrected chi connectivity index (χ3v) is 3.58. The fourth-order valence-electron chi connectivity index (χ4n) is 1.43. The number of hydrogen-bond donors (Lipinski definition) is 1. The van der Waals surface area contributed by atoms with Gasteiger partial charge >= 0.3 is 0 Å². The normalized spacial score (nSPS) is 13.0. The maximum absolute atomic E-state index is 5.97. The summed E-state index contributed by atoms with van der Waals surface area (Å²) in [6.07, 6.45) is 0.987. The van der Waals surface area contributed by atoms with Crippen molar-refractivity contribution in [1.82, 2.24) is 0 Å². The highest BCUT2D eigenvalue weighted by molar-refractivity contribution is 9.10. The van der Waals surface area contributed by atoms with Crippen LogP contribution in [0.2, 0.25) is 0 Å². The van der Waals surface area contributed by atoms with E-state index >= 15 is 0 Å². The fourth-order valence-corrected chi connectivity index (χ4v) is 1.66. The minimum absolute atomic E-state index is 0.172. The Kier molecular flexibility index (Phi) is 3.51. The highest BCUT2D eigenvalue weighted by atomic mass is 79.9. The van der Waals surface area contributed by atoms with Crippen LogP contribution in [-0.4, -0.2) is 0 Å². The predicted octanol–water partition coefficient (Wildman–Crippen LogP) is 3.48. The number of aryl methyl sites for hydroxylation is 2. The molecule has 0 saturated heterocycles. The first-order valence-corrected chi connectivity index (χ1v) is 5.37. The molecule has 0 aliphatic rings. The van der Waals surface area contributed by atoms with Crippen molar-refractivity contribution in [2.75, 3.05) is 0 Å². The van der Waals surface area contributed by atoms with Crippen molar-refractivity contribution < 1.29 is 0 Å². The highest BCUT2D eigenvalue weighted by Crippen LogP contribution is 2.25. The zero-order valence-corrected chi connectivity index (χ0v) is 9.98. The largest absolute Gasteiger partial charge is 0.324 e. The van der Waals surface area contributed by atoms with Crippen LogP contribution in [0, 0.1) is 13.8 Å². The van der Waals surface area contributed by atoms with Gasteiger partial charge in [0.1, 0.15) is 0 Å². The molecule has 0 unspecified atom stereocenters. The summed E-state index contributed by atoms with van der Waals surface area (Å²) >= 11 is 3.54. The quantitative estimate of drug-likeness (QED) is 0.844. The Balaban J connectivity index is 3.13. The maximum Gasteiger partial charge on any atom is 0.0292 e. The summed E-state index contributed by atoms with van der Waals surface area (Å²) in [7, 11) is 0. The molecule has 0 bridgehead atoms. The smallest absolute Gasteiger partial charge is 0.0292 e. The average molecular weight is 242 g/mol. The lowest BCUT2D eigenvalue weighted by atomic mass is 10.0. The van der Waals surface area contributed by atoms with E-state index in [0.717, 1.165) is 6.42 Å². The zero-order chi connectivity index (χ0) is 10.0. The van der Waals surface area contributed by atoms with E-state index in [-0.39, 0.29) is 6.04 Å². The van der Waals surface area contributed by atoms with Gasteiger partial charge in [0.25, 0.3) is 0 Å². The molecule has 0 aliphatic carbocycles. The van der Waals surface area contributed by atoms with Gasteiger partial charge in [-0.3, -0.25) is 0 Å². The van der Waals surface area contributed by atoms with Gasteiger partial charge in [-0.2, -0.15) is 0 Å². The molecule has 2 N–H and O–H groups in total. The monoisotopic (exact) mass is 241 g/mol. The van der Waals surface area contributed by atoms with Gasteiger partial charge < -0.3 is 5.73 Å². The molecule has 1 nitrogen and oxygen atoms in total. The molecule has 0 aromatic heterocycles. The maximum atomic E-state index is 5.97. The molecule has 0 heterocycles. The molecule has 0 fully saturated rings. The Labute approximate surface area is 88.5 Å². The van der Waals surface area contributed by atoms with E-state index in [1.165, 1.54) is 21.2 Å². The Hall–Kier alpha value is -0.340. The second kappa shape index (κ2) is 4.25. The molecule has 0 aliphatic heterocycles. The van der Waals surface area contributed by atoms with Gasteiger partial charge in [0.15, 0.2) is 0 Å². The first kappa shape index (κ1) is 10.7.